The van der Waals surface area contributed by atoms with Gasteiger partial charge in [0.15, 0.2) is 33.2 Å². The van der Waals surface area contributed by atoms with Gasteiger partial charge in [0.1, 0.15) is 67.1 Å². The molecule has 0 amide bonds. The third-order valence-electron chi connectivity index (χ3n) is 7.19. The summed E-state index contributed by atoms with van der Waals surface area (Å²) < 4.78 is 103. The molecule has 0 aliphatic carbocycles. The molecule has 0 aromatic carbocycles. The van der Waals surface area contributed by atoms with Gasteiger partial charge in [-0.3, -0.25) is 0 Å². The first kappa shape index (κ1) is 37.2. The van der Waals surface area contributed by atoms with Crippen molar-refractivity contribution in [2.45, 2.75) is 98.7 Å². The normalized spacial score (nSPS) is 43.9. The van der Waals surface area contributed by atoms with E-state index in [1.807, 2.05) is 0 Å². The van der Waals surface area contributed by atoms with Gasteiger partial charge in [0, 0.05) is 7.11 Å². The lowest BCUT2D eigenvalue weighted by Gasteiger charge is -2.49. The maximum Gasteiger partial charge on any atom is 0.187 e. The van der Waals surface area contributed by atoms with Gasteiger partial charge >= 0.3 is 0 Å². The molecule has 3 fully saturated rings. The Balaban J connectivity index is 1.87. The Bertz CT molecular complexity index is 1190. The molecule has 3 aliphatic rings. The van der Waals surface area contributed by atoms with E-state index in [-0.39, 0.29) is 0 Å². The average molecular weight is 686 g/mol. The van der Waals surface area contributed by atoms with Crippen molar-refractivity contribution in [2.24, 2.45) is 0 Å². The van der Waals surface area contributed by atoms with E-state index in [1.165, 1.54) is 11.6 Å². The number of methoxy groups -OCH3 is 1. The van der Waals surface area contributed by atoms with Crippen LogP contribution in [0.5, 0.6) is 0 Å². The van der Waals surface area contributed by atoms with Gasteiger partial charge in [-0.1, -0.05) is 0 Å². The van der Waals surface area contributed by atoms with E-state index < -0.39 is 132 Å². The third-order valence-corrected chi connectivity index (χ3v) is 8.31. The minimum atomic E-state index is -5.35. The van der Waals surface area contributed by atoms with Crippen molar-refractivity contribution in [1.29, 1.82) is 0 Å². The second kappa shape index (κ2) is 14.7. The van der Waals surface area contributed by atoms with Crippen LogP contribution in [0.25, 0.3) is 0 Å². The van der Waals surface area contributed by atoms with Crippen molar-refractivity contribution in [3.05, 3.63) is 0 Å². The number of hydrogen-bond acceptors (Lipinski definition) is 20. The predicted octanol–water partition coefficient (Wildman–Crippen LogP) is -8.98. The lowest BCUT2D eigenvalue weighted by molar-refractivity contribution is -0.378. The Morgan fingerprint density at radius 3 is 1.75 bits per heavy atom. The topological polar surface area (TPSA) is 355 Å². The van der Waals surface area contributed by atoms with E-state index in [2.05, 4.69) is 0 Å². The first-order valence-corrected chi connectivity index (χ1v) is 15.6. The lowest BCUT2D eigenvalue weighted by atomic mass is 9.93. The van der Waals surface area contributed by atoms with Crippen molar-refractivity contribution in [2.75, 3.05) is 20.3 Å². The van der Waals surface area contributed by atoms with Crippen LogP contribution in [0.15, 0.2) is 0 Å². The molecule has 0 saturated carbocycles. The van der Waals surface area contributed by atoms with Gasteiger partial charge in [0.2, 0.25) is 0 Å². The highest BCUT2D eigenvalue weighted by Gasteiger charge is 2.54. The van der Waals surface area contributed by atoms with Gasteiger partial charge in [-0.25, -0.2) is 26.3 Å². The van der Waals surface area contributed by atoms with E-state index in [9.17, 15) is 66.5 Å². The number of carboxylic acids is 1. The van der Waals surface area contributed by atoms with E-state index in [0.29, 0.717) is 0 Å². The quantitative estimate of drug-likeness (QED) is 0.0884. The van der Waals surface area contributed by atoms with Gasteiger partial charge in [0.05, 0.1) is 31.3 Å². The molecule has 0 spiro atoms. The standard InChI is InChI=1S/C20H36N2O20S2/c1-5-8(21-43(31,32)33)10(25)15(7(4-24)38-5)40-20-13(28)12(27)16(17(42-20)18(29)30)41-19-9(22-44(34,35)36)11(26)14(37-2)6(3-23)39-19/h5-17,19-28H,3-4H2,1-2H3,(H,29,30)(H,31,32,33)(H,34,35,36)/p-3/t5-,6?,7?,8+,9?,10?,11+,12?,13-,14+,15+,16-,17?,19-,20+/m0/s1. The zero-order valence-electron chi connectivity index (χ0n) is 22.8. The minimum Gasteiger partial charge on any atom is -0.735 e. The predicted molar refractivity (Wildman–Crippen MR) is 129 cm³/mol. The summed E-state index contributed by atoms with van der Waals surface area (Å²) in [6.45, 7) is -0.495. The number of carbonyl (C=O) groups is 1. The number of hydrogen-bond donors (Lipinski definition) is 8. The molecule has 0 radical (unpaired) electrons. The number of aliphatic hydroxyl groups excluding tert-OH is 6. The molecule has 3 rings (SSSR count). The highest BCUT2D eigenvalue weighted by molar-refractivity contribution is 7.83. The van der Waals surface area contributed by atoms with Crippen molar-refractivity contribution >= 4 is 26.6 Å². The van der Waals surface area contributed by atoms with Crippen LogP contribution >= 0.6 is 0 Å². The fourth-order valence-corrected chi connectivity index (χ4v) is 6.40. The Kier molecular flexibility index (Phi) is 12.4. The second-order valence-corrected chi connectivity index (χ2v) is 12.4. The Labute approximate surface area is 250 Å². The molecule has 258 valence electrons. The average Bonchev–Trinajstić information content (AvgIpc) is 2.91. The molecule has 0 aromatic heterocycles. The van der Waals surface area contributed by atoms with Crippen LogP contribution in [0.1, 0.15) is 6.92 Å². The molecular formula is C20H33N2O20S2-3. The highest BCUT2D eigenvalue weighted by Crippen LogP contribution is 2.33. The van der Waals surface area contributed by atoms with Crippen LogP contribution in [0.2, 0.25) is 0 Å². The Hall–Kier alpha value is -1.27. The lowest BCUT2D eigenvalue weighted by Crippen LogP contribution is -2.70. The summed E-state index contributed by atoms with van der Waals surface area (Å²) in [6, 6.07) is -3.68. The zero-order chi connectivity index (χ0) is 33.3. The molecule has 24 heteroatoms. The molecule has 0 bridgehead atoms. The summed E-state index contributed by atoms with van der Waals surface area (Å²) in [4.78, 5) is 12.0. The van der Waals surface area contributed by atoms with Crippen LogP contribution < -0.4 is 14.6 Å². The summed E-state index contributed by atoms with van der Waals surface area (Å²) in [5, 5.41) is 74.3. The number of carboxylic acid groups (broad SMARTS) is 1. The first-order chi connectivity index (χ1) is 20.3. The van der Waals surface area contributed by atoms with E-state index in [1.54, 1.807) is 4.72 Å². The van der Waals surface area contributed by atoms with E-state index in [0.717, 1.165) is 7.11 Å². The number of nitrogens with one attached hydrogen (secondary N) is 2. The van der Waals surface area contributed by atoms with Gasteiger partial charge < -0.3 is 78.1 Å². The molecule has 15 atom stereocenters. The van der Waals surface area contributed by atoms with E-state index >= 15 is 0 Å². The molecule has 8 N–H and O–H groups in total. The summed E-state index contributed by atoms with van der Waals surface area (Å²) in [5.74, 6) is -2.12. The van der Waals surface area contributed by atoms with Gasteiger partial charge in [-0.2, -0.15) is 0 Å². The summed E-state index contributed by atoms with van der Waals surface area (Å²) in [7, 11) is -9.45. The smallest absolute Gasteiger partial charge is 0.187 e. The third kappa shape index (κ3) is 8.55. The second-order valence-electron chi connectivity index (χ2n) is 10.1. The first-order valence-electron chi connectivity index (χ1n) is 12.7. The van der Waals surface area contributed by atoms with Gasteiger partial charge in [-0.05, 0) is 6.92 Å². The van der Waals surface area contributed by atoms with Crippen LogP contribution in [-0.2, 0) is 53.8 Å². The van der Waals surface area contributed by atoms with Crippen molar-refractivity contribution in [3.63, 3.8) is 0 Å². The van der Waals surface area contributed by atoms with Crippen molar-refractivity contribution in [3.8, 4) is 0 Å². The number of aliphatic carboxylic acids is 1. The van der Waals surface area contributed by atoms with E-state index in [4.69, 9.17) is 28.4 Å². The summed E-state index contributed by atoms with van der Waals surface area (Å²) in [5.41, 5.74) is 0. The Morgan fingerprint density at radius 1 is 0.750 bits per heavy atom. The molecule has 22 nitrogen and oxygen atoms in total. The highest BCUT2D eigenvalue weighted by atomic mass is 32.2. The van der Waals surface area contributed by atoms with Gasteiger partial charge in [-0.15, -0.1) is 0 Å². The van der Waals surface area contributed by atoms with Crippen LogP contribution in [0.4, 0.5) is 0 Å². The van der Waals surface area contributed by atoms with Crippen LogP contribution in [0, 0.1) is 0 Å². The molecule has 3 aliphatic heterocycles. The number of carbonyl (C=O) groups excluding carboxylic acids is 1. The van der Waals surface area contributed by atoms with Crippen LogP contribution in [0.3, 0.4) is 0 Å². The summed E-state index contributed by atoms with van der Waals surface area (Å²) in [6.07, 6.45) is -24.8. The maximum absolute atomic E-state index is 12.0. The minimum absolute atomic E-state index is 0.863. The zero-order valence-corrected chi connectivity index (χ0v) is 24.4. The fraction of sp³-hybridized carbons (Fsp3) is 0.950. The van der Waals surface area contributed by atoms with Crippen molar-refractivity contribution < 1.29 is 94.9 Å². The molecular weight excluding hydrogens is 652 g/mol. The SMILES string of the molecule is CO[C@@H]1C(CO)O[C@@H](O[C@@H]2C(C(=O)[O-])O[C@@H](O[C@@H]3C(CO)O[C@@H](C)[C@@H](NS(=O)(=O)[O-])C3O)[C@@H](O)C2O)C(NS(=O)(=O)[O-])[C@H]1O. The molecule has 44 heavy (non-hydrogen) atoms. The van der Waals surface area contributed by atoms with Crippen molar-refractivity contribution in [1.82, 2.24) is 9.44 Å². The maximum atomic E-state index is 12.0. The molecule has 3 saturated heterocycles. The number of aliphatic hydroxyl groups is 6. The monoisotopic (exact) mass is 685 g/mol. The molecule has 3 heterocycles. The van der Waals surface area contributed by atoms with Gasteiger partial charge in [0.25, 0.3) is 0 Å². The van der Waals surface area contributed by atoms with Crippen LogP contribution in [-0.4, -0.2) is 175 Å². The number of ether oxygens (including phenoxy) is 6. The molecule has 6 unspecified atom stereocenters. The Morgan fingerprint density at radius 2 is 1.25 bits per heavy atom. The summed E-state index contributed by atoms with van der Waals surface area (Å²) >= 11 is 0. The molecule has 0 aromatic rings. The largest absolute Gasteiger partial charge is 0.735 e. The number of rotatable bonds is 12. The fourth-order valence-electron chi connectivity index (χ4n) is 5.15.